The molecule has 0 bridgehead atoms. The highest BCUT2D eigenvalue weighted by atomic mass is 16.4. The highest BCUT2D eigenvalue weighted by molar-refractivity contribution is 5.96. The van der Waals surface area contributed by atoms with Gasteiger partial charge < -0.3 is 42.5 Å². The Balaban J connectivity index is 1.75. The molecule has 2 aromatic heterocycles. The summed E-state index contributed by atoms with van der Waals surface area (Å²) >= 11 is 0. The average molecular weight is 554 g/mol. The van der Waals surface area contributed by atoms with Crippen LogP contribution in [0.1, 0.15) is 23.4 Å². The largest absolute Gasteiger partial charge is 0.480 e. The second kappa shape index (κ2) is 14.2. The number of carbonyl (C=O) groups excluding carboxylic acids is 4. The number of nitrogens with two attached hydrogens (primary N) is 2. The van der Waals surface area contributed by atoms with Crippen molar-refractivity contribution in [1.29, 1.82) is 0 Å². The number of hydrogen-bond donors (Lipinski definition) is 8. The third kappa shape index (κ3) is 9.05. The van der Waals surface area contributed by atoms with Crippen LogP contribution in [0.4, 0.5) is 0 Å². The summed E-state index contributed by atoms with van der Waals surface area (Å²) in [7, 11) is 0. The van der Waals surface area contributed by atoms with Gasteiger partial charge in [0.1, 0.15) is 18.1 Å². The molecule has 0 spiro atoms. The Morgan fingerprint density at radius 1 is 0.775 bits per heavy atom. The molecule has 15 heteroatoms. The van der Waals surface area contributed by atoms with Gasteiger partial charge in [-0.15, -0.1) is 0 Å². The first-order chi connectivity index (χ1) is 19.1. The Morgan fingerprint density at radius 2 is 1.32 bits per heavy atom. The predicted molar refractivity (Wildman–Crippen MR) is 140 cm³/mol. The second-order valence-electron chi connectivity index (χ2n) is 9.05. The van der Waals surface area contributed by atoms with Crippen molar-refractivity contribution in [2.24, 2.45) is 11.5 Å². The van der Waals surface area contributed by atoms with Gasteiger partial charge in [-0.05, 0) is 5.56 Å². The number of aromatic amines is 2. The second-order valence-corrected chi connectivity index (χ2v) is 9.05. The van der Waals surface area contributed by atoms with Crippen molar-refractivity contribution >= 4 is 29.6 Å². The predicted octanol–water partition coefficient (Wildman–Crippen LogP) is -2.10. The molecule has 0 aliphatic heterocycles. The van der Waals surface area contributed by atoms with Gasteiger partial charge in [0.15, 0.2) is 0 Å². The van der Waals surface area contributed by atoms with Crippen molar-refractivity contribution in [2.75, 3.05) is 0 Å². The summed E-state index contributed by atoms with van der Waals surface area (Å²) in [4.78, 5) is 76.0. The topological polar surface area (TPSA) is 251 Å². The van der Waals surface area contributed by atoms with E-state index in [0.717, 1.165) is 0 Å². The molecule has 15 nitrogen and oxygen atoms in total. The van der Waals surface area contributed by atoms with Crippen LogP contribution in [0.25, 0.3) is 0 Å². The van der Waals surface area contributed by atoms with Gasteiger partial charge >= 0.3 is 5.97 Å². The van der Waals surface area contributed by atoms with Gasteiger partial charge in [0, 0.05) is 43.0 Å². The van der Waals surface area contributed by atoms with Gasteiger partial charge in [0.25, 0.3) is 0 Å². The van der Waals surface area contributed by atoms with E-state index >= 15 is 0 Å². The maximum absolute atomic E-state index is 13.4. The number of amides is 4. The van der Waals surface area contributed by atoms with Crippen molar-refractivity contribution < 1.29 is 29.1 Å². The van der Waals surface area contributed by atoms with E-state index in [1.807, 2.05) is 0 Å². The fourth-order valence-corrected chi connectivity index (χ4v) is 3.84. The lowest BCUT2D eigenvalue weighted by molar-refractivity contribution is -0.142. The van der Waals surface area contributed by atoms with Crippen LogP contribution in [0, 0.1) is 0 Å². The molecule has 0 radical (unpaired) electrons. The number of hydrogen-bond acceptors (Lipinski definition) is 8. The van der Waals surface area contributed by atoms with Crippen LogP contribution < -0.4 is 27.4 Å². The molecule has 4 amide bonds. The molecule has 0 saturated carbocycles. The van der Waals surface area contributed by atoms with Crippen LogP contribution >= 0.6 is 0 Å². The van der Waals surface area contributed by atoms with E-state index < -0.39 is 60.2 Å². The van der Waals surface area contributed by atoms with Gasteiger partial charge in [0.2, 0.25) is 23.6 Å². The number of imidazole rings is 2. The molecule has 1 aromatic carbocycles. The molecule has 3 aromatic rings. The molecule has 0 aliphatic rings. The van der Waals surface area contributed by atoms with Crippen LogP contribution in [0.5, 0.6) is 0 Å². The summed E-state index contributed by atoms with van der Waals surface area (Å²) in [5, 5.41) is 16.9. The van der Waals surface area contributed by atoms with Gasteiger partial charge in [-0.25, -0.2) is 14.8 Å². The van der Waals surface area contributed by atoms with Crippen molar-refractivity contribution in [2.45, 2.75) is 49.9 Å². The summed E-state index contributed by atoms with van der Waals surface area (Å²) < 4.78 is 0. The molecule has 4 unspecified atom stereocenters. The SMILES string of the molecule is NC(=O)CC(NC(=O)C(Cc1ccccc1)NC(=O)C(N)Cc1cnc[nH]1)C(=O)NC(Cc1cnc[nH]1)C(=O)O. The summed E-state index contributed by atoms with van der Waals surface area (Å²) in [5.41, 5.74) is 13.1. The molecule has 2 heterocycles. The summed E-state index contributed by atoms with van der Waals surface area (Å²) in [6.07, 6.45) is 5.15. The van der Waals surface area contributed by atoms with Crippen molar-refractivity contribution in [3.63, 3.8) is 0 Å². The highest BCUT2D eigenvalue weighted by Gasteiger charge is 2.31. The normalized spacial score (nSPS) is 13.8. The number of carboxylic acids is 1. The minimum absolute atomic E-state index is 0.0394. The van der Waals surface area contributed by atoms with Crippen LogP contribution in [0.2, 0.25) is 0 Å². The Hall–Kier alpha value is -5.05. The molecular formula is C25H31N9O6. The molecule has 0 aliphatic carbocycles. The lowest BCUT2D eigenvalue weighted by Gasteiger charge is -2.25. The third-order valence-corrected chi connectivity index (χ3v) is 5.88. The molecule has 10 N–H and O–H groups in total. The molecule has 212 valence electrons. The molecule has 40 heavy (non-hydrogen) atoms. The number of H-pyrrole nitrogens is 2. The zero-order valence-corrected chi connectivity index (χ0v) is 21.4. The fourth-order valence-electron chi connectivity index (χ4n) is 3.84. The van der Waals surface area contributed by atoms with Crippen molar-refractivity contribution in [1.82, 2.24) is 35.9 Å². The first-order valence-corrected chi connectivity index (χ1v) is 12.3. The maximum Gasteiger partial charge on any atom is 0.326 e. The average Bonchev–Trinajstić information content (AvgIpc) is 3.62. The van der Waals surface area contributed by atoms with E-state index in [4.69, 9.17) is 11.5 Å². The first kappa shape index (κ1) is 29.5. The molecule has 3 rings (SSSR count). The van der Waals surface area contributed by atoms with Gasteiger partial charge in [-0.3, -0.25) is 19.2 Å². The zero-order valence-electron chi connectivity index (χ0n) is 21.4. The summed E-state index contributed by atoms with van der Waals surface area (Å²) in [5.74, 6) is -4.63. The number of carbonyl (C=O) groups is 5. The van der Waals surface area contributed by atoms with E-state index in [2.05, 4.69) is 35.9 Å². The van der Waals surface area contributed by atoms with E-state index in [-0.39, 0.29) is 19.3 Å². The smallest absolute Gasteiger partial charge is 0.326 e. The monoisotopic (exact) mass is 553 g/mol. The number of rotatable bonds is 15. The number of aliphatic carboxylic acids is 1. The van der Waals surface area contributed by atoms with Crippen LogP contribution in [-0.2, 0) is 43.2 Å². The molecule has 0 fully saturated rings. The molecular weight excluding hydrogens is 522 g/mol. The number of carboxylic acid groups (broad SMARTS) is 1. The Morgan fingerprint density at radius 3 is 1.88 bits per heavy atom. The molecule has 4 atom stereocenters. The number of benzene rings is 1. The van der Waals surface area contributed by atoms with E-state index in [1.165, 1.54) is 25.0 Å². The number of aromatic nitrogens is 4. The summed E-state index contributed by atoms with van der Waals surface area (Å²) in [6, 6.07) is 3.68. The van der Waals surface area contributed by atoms with Gasteiger partial charge in [-0.1, -0.05) is 30.3 Å². The minimum atomic E-state index is -1.51. The number of nitrogens with zero attached hydrogens (tertiary/aromatic N) is 2. The van der Waals surface area contributed by atoms with Gasteiger partial charge in [-0.2, -0.15) is 0 Å². The minimum Gasteiger partial charge on any atom is -0.480 e. The summed E-state index contributed by atoms with van der Waals surface area (Å²) in [6.45, 7) is 0. The lowest BCUT2D eigenvalue weighted by Crippen LogP contribution is -2.58. The lowest BCUT2D eigenvalue weighted by atomic mass is 10.0. The van der Waals surface area contributed by atoms with Crippen molar-refractivity contribution in [3.05, 3.63) is 72.3 Å². The van der Waals surface area contributed by atoms with E-state index in [0.29, 0.717) is 17.0 Å². The van der Waals surface area contributed by atoms with Crippen LogP contribution in [0.15, 0.2) is 55.4 Å². The van der Waals surface area contributed by atoms with Crippen LogP contribution in [-0.4, -0.2) is 78.8 Å². The van der Waals surface area contributed by atoms with Crippen LogP contribution in [0.3, 0.4) is 0 Å². The van der Waals surface area contributed by atoms with E-state index in [1.54, 1.807) is 30.3 Å². The zero-order chi connectivity index (χ0) is 29.1. The van der Waals surface area contributed by atoms with E-state index in [9.17, 15) is 29.1 Å². The Labute approximate surface area is 228 Å². The maximum atomic E-state index is 13.4. The Bertz CT molecular complexity index is 1280. The van der Waals surface area contributed by atoms with Crippen molar-refractivity contribution in [3.8, 4) is 0 Å². The highest BCUT2D eigenvalue weighted by Crippen LogP contribution is 2.07. The Kier molecular flexibility index (Phi) is 10.5. The third-order valence-electron chi connectivity index (χ3n) is 5.88. The fraction of sp³-hybridized carbons (Fsp3) is 0.320. The first-order valence-electron chi connectivity index (χ1n) is 12.3. The quantitative estimate of drug-likeness (QED) is 0.102. The van der Waals surface area contributed by atoms with Gasteiger partial charge in [0.05, 0.1) is 25.1 Å². The standard InChI is InChI=1S/C25H31N9O6/c26-17(7-15-10-28-12-30-15)22(36)32-18(6-14-4-2-1-3-5-14)23(37)33-19(9-21(27)35)24(38)34-20(25(39)40)8-16-11-29-13-31-16/h1-5,10-13,17-20H,6-9,26H2,(H2,27,35)(H,28,30)(H,29,31)(H,32,36)(H,33,37)(H,34,38)(H,39,40). The number of nitrogens with one attached hydrogen (secondary N) is 5. The number of primary amides is 1. The molecule has 0 saturated heterocycles.